The number of hydrogen-bond donors (Lipinski definition) is 0. The minimum atomic E-state index is -0.297. The molecule has 254 valence electrons. The van der Waals surface area contributed by atoms with E-state index in [2.05, 4.69) is 182 Å². The molecule has 0 atom stereocenters. The van der Waals surface area contributed by atoms with Gasteiger partial charge in [-0.1, -0.05) is 121 Å². The molecule has 0 saturated heterocycles. The second-order valence-corrected chi connectivity index (χ2v) is 16.7. The topological polar surface area (TPSA) is 16.4 Å². The molecule has 0 spiro atoms. The van der Waals surface area contributed by atoms with Crippen molar-refractivity contribution >= 4 is 102 Å². The summed E-state index contributed by atoms with van der Waals surface area (Å²) >= 11 is 3.70. The van der Waals surface area contributed by atoms with Crippen molar-refractivity contribution in [1.82, 2.24) is 0 Å². The molecule has 0 N–H and O–H groups in total. The van der Waals surface area contributed by atoms with Gasteiger partial charge in [0.15, 0.2) is 5.58 Å². The Hall–Kier alpha value is -6.20. The Kier molecular flexibility index (Phi) is 6.26. The summed E-state index contributed by atoms with van der Waals surface area (Å²) in [6.07, 6.45) is 0. The van der Waals surface area contributed by atoms with Gasteiger partial charge < -0.3 is 9.32 Å². The van der Waals surface area contributed by atoms with Crippen molar-refractivity contribution in [2.45, 2.75) is 12.3 Å². The molecule has 4 heteroatoms. The number of para-hydroxylation sites is 1. The molecule has 3 aromatic heterocycles. The molecular weight excluding hydrogens is 695 g/mol. The van der Waals surface area contributed by atoms with E-state index in [0.29, 0.717) is 0 Å². The molecule has 54 heavy (non-hydrogen) atoms. The number of benzene rings is 8. The lowest BCUT2D eigenvalue weighted by atomic mass is 9.74. The molecule has 8 aromatic carbocycles. The monoisotopic (exact) mass is 725 g/mol. The van der Waals surface area contributed by atoms with Crippen LogP contribution in [0, 0.1) is 0 Å². The van der Waals surface area contributed by atoms with Gasteiger partial charge in [-0.3, -0.25) is 0 Å². The quantitative estimate of drug-likeness (QED) is 0.180. The summed E-state index contributed by atoms with van der Waals surface area (Å²) in [5.74, 6) is 0. The van der Waals surface area contributed by atoms with Gasteiger partial charge in [-0.05, 0) is 83.3 Å². The van der Waals surface area contributed by atoms with E-state index in [9.17, 15) is 0 Å². The van der Waals surface area contributed by atoms with Gasteiger partial charge in [0.1, 0.15) is 5.58 Å². The van der Waals surface area contributed by atoms with Crippen LogP contribution in [0.5, 0.6) is 0 Å². The summed E-state index contributed by atoms with van der Waals surface area (Å²) in [5.41, 5.74) is 11.2. The Morgan fingerprint density at radius 2 is 0.963 bits per heavy atom. The van der Waals surface area contributed by atoms with Gasteiger partial charge in [-0.15, -0.1) is 22.7 Å². The Morgan fingerprint density at radius 1 is 0.444 bits per heavy atom. The SMILES string of the molecule is CC1(c2ccc3c(c2)oc2c(N(c4ccc5c(c4)sc4ccccc45)c4ccc5c(c4)sc4ccccc45)cccc23)c2ccccc2-c2ccccc21. The predicted octanol–water partition coefficient (Wildman–Crippen LogP) is 15.1. The lowest BCUT2D eigenvalue weighted by Crippen LogP contribution is -2.22. The number of anilines is 3. The summed E-state index contributed by atoms with van der Waals surface area (Å²) in [7, 11) is 0. The smallest absolute Gasteiger partial charge is 0.159 e. The van der Waals surface area contributed by atoms with Gasteiger partial charge in [0, 0.05) is 67.9 Å². The predicted molar refractivity (Wildman–Crippen MR) is 232 cm³/mol. The number of furan rings is 1. The first kappa shape index (κ1) is 30.3. The minimum Gasteiger partial charge on any atom is -0.454 e. The number of thiophene rings is 2. The molecule has 0 amide bonds. The molecule has 11 aromatic rings. The van der Waals surface area contributed by atoms with Gasteiger partial charge >= 0.3 is 0 Å². The Labute approximate surface area is 319 Å². The van der Waals surface area contributed by atoms with Crippen molar-refractivity contribution in [1.29, 1.82) is 0 Å². The van der Waals surface area contributed by atoms with Crippen molar-refractivity contribution in [3.63, 3.8) is 0 Å². The van der Waals surface area contributed by atoms with Crippen molar-refractivity contribution in [3.05, 3.63) is 187 Å². The Bertz CT molecular complexity index is 3170. The highest BCUT2D eigenvalue weighted by Gasteiger charge is 2.40. The van der Waals surface area contributed by atoms with E-state index in [1.807, 2.05) is 22.7 Å². The fraction of sp³-hybridized carbons (Fsp3) is 0.0400. The van der Waals surface area contributed by atoms with Gasteiger partial charge in [0.2, 0.25) is 0 Å². The molecule has 0 radical (unpaired) electrons. The van der Waals surface area contributed by atoms with Crippen LogP contribution in [0.2, 0.25) is 0 Å². The highest BCUT2D eigenvalue weighted by Crippen LogP contribution is 2.53. The van der Waals surface area contributed by atoms with Crippen molar-refractivity contribution in [2.24, 2.45) is 0 Å². The third kappa shape index (κ3) is 4.15. The lowest BCUT2D eigenvalue weighted by molar-refractivity contribution is 0.662. The van der Waals surface area contributed by atoms with Crippen molar-refractivity contribution in [3.8, 4) is 11.1 Å². The second kappa shape index (κ2) is 11.2. The van der Waals surface area contributed by atoms with E-state index >= 15 is 0 Å². The maximum atomic E-state index is 7.06. The zero-order valence-corrected chi connectivity index (χ0v) is 31.0. The maximum absolute atomic E-state index is 7.06. The third-order valence-corrected chi connectivity index (χ3v) is 14.0. The zero-order valence-electron chi connectivity index (χ0n) is 29.3. The van der Waals surface area contributed by atoms with Crippen LogP contribution in [0.3, 0.4) is 0 Å². The van der Waals surface area contributed by atoms with Crippen LogP contribution in [0.1, 0.15) is 23.6 Å². The van der Waals surface area contributed by atoms with Crippen molar-refractivity contribution < 1.29 is 4.42 Å². The van der Waals surface area contributed by atoms with Gasteiger partial charge in [-0.25, -0.2) is 0 Å². The summed E-state index contributed by atoms with van der Waals surface area (Å²) in [6, 6.07) is 62.4. The average molecular weight is 726 g/mol. The molecular formula is C50H31NOS2. The molecule has 0 aliphatic heterocycles. The molecule has 2 nitrogen and oxygen atoms in total. The zero-order chi connectivity index (χ0) is 35.5. The van der Waals surface area contributed by atoms with Crippen LogP contribution in [0.25, 0.3) is 73.4 Å². The van der Waals surface area contributed by atoms with Crippen LogP contribution in [0.4, 0.5) is 17.1 Å². The van der Waals surface area contributed by atoms with Crippen LogP contribution in [0.15, 0.2) is 174 Å². The van der Waals surface area contributed by atoms with Crippen LogP contribution < -0.4 is 4.90 Å². The Balaban J connectivity index is 1.08. The molecule has 12 rings (SSSR count). The van der Waals surface area contributed by atoms with Crippen molar-refractivity contribution in [2.75, 3.05) is 4.90 Å². The summed E-state index contributed by atoms with van der Waals surface area (Å²) in [5, 5.41) is 7.42. The Morgan fingerprint density at radius 3 is 1.59 bits per heavy atom. The first-order valence-corrected chi connectivity index (χ1v) is 20.0. The lowest BCUT2D eigenvalue weighted by Gasteiger charge is -2.28. The minimum absolute atomic E-state index is 0.297. The average Bonchev–Trinajstić information content (AvgIpc) is 3.96. The van der Waals surface area contributed by atoms with E-state index in [-0.39, 0.29) is 5.41 Å². The second-order valence-electron chi connectivity index (χ2n) is 14.6. The molecule has 0 unspecified atom stereocenters. The van der Waals surface area contributed by atoms with Gasteiger partial charge in [0.05, 0.1) is 5.69 Å². The van der Waals surface area contributed by atoms with E-state index in [0.717, 1.165) is 39.0 Å². The molecule has 1 aliphatic rings. The maximum Gasteiger partial charge on any atom is 0.159 e. The number of hydrogen-bond acceptors (Lipinski definition) is 4. The fourth-order valence-electron chi connectivity index (χ4n) is 9.17. The molecule has 0 saturated carbocycles. The first-order chi connectivity index (χ1) is 26.6. The summed E-state index contributed by atoms with van der Waals surface area (Å²) in [6.45, 7) is 2.36. The van der Waals surface area contributed by atoms with Crippen LogP contribution in [-0.4, -0.2) is 0 Å². The van der Waals surface area contributed by atoms with Crippen LogP contribution >= 0.6 is 22.7 Å². The largest absolute Gasteiger partial charge is 0.454 e. The fourth-order valence-corrected chi connectivity index (χ4v) is 11.4. The molecule has 3 heterocycles. The van der Waals surface area contributed by atoms with E-state index in [1.165, 1.54) is 68.2 Å². The van der Waals surface area contributed by atoms with Gasteiger partial charge in [-0.2, -0.15) is 0 Å². The molecule has 0 bridgehead atoms. The third-order valence-electron chi connectivity index (χ3n) is 11.8. The highest BCUT2D eigenvalue weighted by atomic mass is 32.1. The summed E-state index contributed by atoms with van der Waals surface area (Å²) < 4.78 is 12.2. The summed E-state index contributed by atoms with van der Waals surface area (Å²) in [4.78, 5) is 2.39. The molecule has 0 fully saturated rings. The highest BCUT2D eigenvalue weighted by molar-refractivity contribution is 7.26. The number of fused-ring (bicyclic) bond motifs is 12. The number of nitrogens with zero attached hydrogens (tertiary/aromatic N) is 1. The normalized spacial score (nSPS) is 13.4. The van der Waals surface area contributed by atoms with E-state index < -0.39 is 0 Å². The van der Waals surface area contributed by atoms with E-state index in [1.54, 1.807) is 0 Å². The van der Waals surface area contributed by atoms with E-state index in [4.69, 9.17) is 4.42 Å². The standard InChI is InChI=1S/C50H31NOS2/c1-50(41-16-6-2-11-33(41)34-12-3-7-17-42(34)50)30-21-24-35-40-15-10-18-43(49(40)52-44(35)27-30)51(31-22-25-38-36-13-4-8-19-45(36)53-47(38)28-31)32-23-26-39-37-14-5-9-20-46(37)54-48(39)29-32/h2-29H,1H3. The first-order valence-electron chi connectivity index (χ1n) is 18.4. The van der Waals surface area contributed by atoms with Crippen LogP contribution in [-0.2, 0) is 5.41 Å². The van der Waals surface area contributed by atoms with Gasteiger partial charge in [0.25, 0.3) is 0 Å². The number of rotatable bonds is 4. The molecule has 1 aliphatic carbocycles.